The molecule has 0 aliphatic heterocycles. The second-order valence-electron chi connectivity index (χ2n) is 7.48. The van der Waals surface area contributed by atoms with E-state index in [1.165, 1.54) is 4.90 Å². The minimum Gasteiger partial charge on any atom is -0.481 e. The van der Waals surface area contributed by atoms with Crippen molar-refractivity contribution in [2.75, 3.05) is 11.9 Å². The lowest BCUT2D eigenvalue weighted by Crippen LogP contribution is -2.32. The van der Waals surface area contributed by atoms with Crippen LogP contribution in [0.1, 0.15) is 57.0 Å². The van der Waals surface area contributed by atoms with Crippen molar-refractivity contribution in [1.29, 1.82) is 0 Å². The molecule has 0 aliphatic rings. The van der Waals surface area contributed by atoms with E-state index in [1.54, 1.807) is 36.9 Å². The second-order valence-corrected chi connectivity index (χ2v) is 7.48. The van der Waals surface area contributed by atoms with Gasteiger partial charge in [-0.3, -0.25) is 28.8 Å². The molecule has 3 rings (SSSR count). The van der Waals surface area contributed by atoms with E-state index in [4.69, 9.17) is 5.11 Å². The number of nitrogens with zero attached hydrogens (tertiary/aromatic N) is 5. The quantitative estimate of drug-likeness (QED) is 0.547. The molecule has 1 amide bonds. The first-order valence-electron chi connectivity index (χ1n) is 10.7. The van der Waals surface area contributed by atoms with Crippen LogP contribution in [0.2, 0.25) is 0 Å². The Morgan fingerprint density at radius 2 is 1.94 bits per heavy atom. The lowest BCUT2D eigenvalue weighted by Gasteiger charge is -2.22. The number of amides is 1. The number of aromatic nitrogens is 4. The number of rotatable bonds is 9. The van der Waals surface area contributed by atoms with Gasteiger partial charge in [0.2, 0.25) is 5.91 Å². The minimum atomic E-state index is -0.916. The summed E-state index contributed by atoms with van der Waals surface area (Å²) in [5.74, 6) is -0.587. The monoisotopic (exact) mass is 437 g/mol. The third-order valence-corrected chi connectivity index (χ3v) is 5.34. The van der Waals surface area contributed by atoms with Crippen molar-refractivity contribution in [3.8, 4) is 0 Å². The summed E-state index contributed by atoms with van der Waals surface area (Å²) in [6.45, 7) is 3.73. The Hall–Kier alpha value is -3.62. The van der Waals surface area contributed by atoms with Crippen LogP contribution >= 0.6 is 0 Å². The maximum absolute atomic E-state index is 13.5. The summed E-state index contributed by atoms with van der Waals surface area (Å²) in [5.41, 5.74) is 1.55. The SMILES string of the molecule is CCC(=O)N(C)c1ccc2nc(CCCC(=O)O)c(=O)n([C@@H](CC)c3ccccn3)c2n1. The van der Waals surface area contributed by atoms with E-state index in [1.807, 2.05) is 25.1 Å². The van der Waals surface area contributed by atoms with Crippen molar-refractivity contribution in [3.63, 3.8) is 0 Å². The highest BCUT2D eigenvalue weighted by Gasteiger charge is 2.22. The number of carboxylic acids is 1. The van der Waals surface area contributed by atoms with Crippen molar-refractivity contribution in [3.05, 3.63) is 58.3 Å². The van der Waals surface area contributed by atoms with Gasteiger partial charge < -0.3 is 5.11 Å². The molecule has 3 aromatic heterocycles. The molecular formula is C23H27N5O4. The molecule has 1 atom stereocenters. The van der Waals surface area contributed by atoms with Crippen molar-refractivity contribution < 1.29 is 14.7 Å². The smallest absolute Gasteiger partial charge is 0.303 e. The van der Waals surface area contributed by atoms with E-state index in [9.17, 15) is 14.4 Å². The first-order chi connectivity index (χ1) is 15.4. The summed E-state index contributed by atoms with van der Waals surface area (Å²) in [6, 6.07) is 8.57. The van der Waals surface area contributed by atoms with Crippen molar-refractivity contribution in [2.24, 2.45) is 0 Å². The third kappa shape index (κ3) is 4.82. The van der Waals surface area contributed by atoms with Gasteiger partial charge >= 0.3 is 5.97 Å². The lowest BCUT2D eigenvalue weighted by atomic mass is 10.1. The molecule has 1 N–H and O–H groups in total. The summed E-state index contributed by atoms with van der Waals surface area (Å²) in [4.78, 5) is 51.6. The summed E-state index contributed by atoms with van der Waals surface area (Å²) in [7, 11) is 1.65. The van der Waals surface area contributed by atoms with Gasteiger partial charge in [-0.15, -0.1) is 0 Å². The van der Waals surface area contributed by atoms with Crippen LogP contribution in [-0.2, 0) is 16.0 Å². The standard InChI is InChI=1S/C23H27N5O4/c1-4-18(15-9-6-7-14-24-15)28-22-16(12-13-19(26-22)27(3)20(29)5-2)25-17(23(28)32)10-8-11-21(30)31/h6-7,9,12-14,18H,4-5,8,10-11H2,1-3H3,(H,30,31)/t18-/m0/s1. The lowest BCUT2D eigenvalue weighted by molar-refractivity contribution is -0.137. The fraction of sp³-hybridized carbons (Fsp3) is 0.391. The highest BCUT2D eigenvalue weighted by Crippen LogP contribution is 2.24. The predicted octanol–water partition coefficient (Wildman–Crippen LogP) is 2.97. The molecule has 0 saturated carbocycles. The molecule has 0 saturated heterocycles. The van der Waals surface area contributed by atoms with Gasteiger partial charge in [-0.05, 0) is 43.5 Å². The molecular weight excluding hydrogens is 410 g/mol. The molecule has 32 heavy (non-hydrogen) atoms. The Morgan fingerprint density at radius 3 is 2.56 bits per heavy atom. The number of hydrogen-bond acceptors (Lipinski definition) is 6. The molecule has 0 radical (unpaired) electrons. The van der Waals surface area contributed by atoms with Crippen LogP contribution in [0.3, 0.4) is 0 Å². The molecule has 9 nitrogen and oxygen atoms in total. The molecule has 0 unspecified atom stereocenters. The summed E-state index contributed by atoms with van der Waals surface area (Å²) >= 11 is 0. The second kappa shape index (κ2) is 10.1. The number of aliphatic carboxylic acids is 1. The Kier molecular flexibility index (Phi) is 7.29. The molecule has 168 valence electrons. The van der Waals surface area contributed by atoms with E-state index >= 15 is 0 Å². The van der Waals surface area contributed by atoms with Crippen LogP contribution < -0.4 is 10.5 Å². The van der Waals surface area contributed by atoms with Crippen molar-refractivity contribution in [1.82, 2.24) is 19.5 Å². The number of carbonyl (C=O) groups is 2. The van der Waals surface area contributed by atoms with E-state index in [0.29, 0.717) is 47.6 Å². The van der Waals surface area contributed by atoms with Crippen LogP contribution in [0, 0.1) is 0 Å². The maximum atomic E-state index is 13.5. The summed E-state index contributed by atoms with van der Waals surface area (Å²) < 4.78 is 1.58. The average molecular weight is 438 g/mol. The Labute approximate surface area is 185 Å². The highest BCUT2D eigenvalue weighted by atomic mass is 16.4. The van der Waals surface area contributed by atoms with E-state index in [0.717, 1.165) is 0 Å². The van der Waals surface area contributed by atoms with Crippen LogP contribution in [0.15, 0.2) is 41.3 Å². The number of pyridine rings is 2. The maximum Gasteiger partial charge on any atom is 0.303 e. The predicted molar refractivity (Wildman–Crippen MR) is 121 cm³/mol. The zero-order valence-corrected chi connectivity index (χ0v) is 18.5. The number of hydrogen-bond donors (Lipinski definition) is 1. The Balaban J connectivity index is 2.22. The van der Waals surface area contributed by atoms with Gasteiger partial charge in [0.05, 0.1) is 11.7 Å². The highest BCUT2D eigenvalue weighted by molar-refractivity contribution is 5.92. The normalized spacial score (nSPS) is 12.0. The van der Waals surface area contributed by atoms with Gasteiger partial charge in [-0.25, -0.2) is 9.97 Å². The van der Waals surface area contributed by atoms with Crippen LogP contribution in [-0.4, -0.2) is 43.5 Å². The van der Waals surface area contributed by atoms with Crippen molar-refractivity contribution >= 4 is 28.9 Å². The fourth-order valence-electron chi connectivity index (χ4n) is 3.63. The van der Waals surface area contributed by atoms with Gasteiger partial charge in [0.15, 0.2) is 5.65 Å². The van der Waals surface area contributed by atoms with Gasteiger partial charge in [-0.1, -0.05) is 19.9 Å². The fourth-order valence-corrected chi connectivity index (χ4v) is 3.63. The molecule has 0 spiro atoms. The molecule has 0 bridgehead atoms. The number of fused-ring (bicyclic) bond motifs is 1. The van der Waals surface area contributed by atoms with Crippen LogP contribution in [0.4, 0.5) is 5.82 Å². The van der Waals surface area contributed by atoms with Crippen LogP contribution in [0.25, 0.3) is 11.2 Å². The minimum absolute atomic E-state index is 0.0439. The molecule has 0 fully saturated rings. The zero-order chi connectivity index (χ0) is 23.3. The Morgan fingerprint density at radius 1 is 1.16 bits per heavy atom. The van der Waals surface area contributed by atoms with Crippen molar-refractivity contribution in [2.45, 2.75) is 52.0 Å². The zero-order valence-electron chi connectivity index (χ0n) is 18.5. The third-order valence-electron chi connectivity index (χ3n) is 5.34. The number of carbonyl (C=O) groups excluding carboxylic acids is 1. The Bertz CT molecular complexity index is 1180. The molecule has 0 aromatic carbocycles. The first kappa shape index (κ1) is 23.1. The summed E-state index contributed by atoms with van der Waals surface area (Å²) in [6.07, 6.45) is 3.10. The average Bonchev–Trinajstić information content (AvgIpc) is 2.80. The molecule has 3 aromatic rings. The van der Waals surface area contributed by atoms with Crippen LogP contribution in [0.5, 0.6) is 0 Å². The number of anilines is 1. The first-order valence-corrected chi connectivity index (χ1v) is 10.7. The number of carboxylic acid groups (broad SMARTS) is 1. The van der Waals surface area contributed by atoms with Gasteiger partial charge in [-0.2, -0.15) is 0 Å². The topological polar surface area (TPSA) is 118 Å². The molecule has 9 heteroatoms. The van der Waals surface area contributed by atoms with E-state index < -0.39 is 5.97 Å². The largest absolute Gasteiger partial charge is 0.481 e. The molecule has 0 aliphatic carbocycles. The van der Waals surface area contributed by atoms with Gasteiger partial charge in [0.1, 0.15) is 17.0 Å². The van der Waals surface area contributed by atoms with Gasteiger partial charge in [0, 0.05) is 26.1 Å². The summed E-state index contributed by atoms with van der Waals surface area (Å²) in [5, 5.41) is 8.96. The van der Waals surface area contributed by atoms with E-state index in [-0.39, 0.29) is 30.3 Å². The number of aryl methyl sites for hydroxylation is 1. The molecule has 3 heterocycles. The van der Waals surface area contributed by atoms with E-state index in [2.05, 4.69) is 15.0 Å². The van der Waals surface area contributed by atoms with Gasteiger partial charge in [0.25, 0.3) is 5.56 Å².